The van der Waals surface area contributed by atoms with Gasteiger partial charge in [-0.2, -0.15) is 0 Å². The van der Waals surface area contributed by atoms with Crippen LogP contribution in [0.3, 0.4) is 0 Å². The van der Waals surface area contributed by atoms with Gasteiger partial charge in [-0.25, -0.2) is 4.79 Å². The molecule has 102 valence electrons. The average Bonchev–Trinajstić information content (AvgIpc) is 2.99. The molecule has 0 aromatic heterocycles. The largest absolute Gasteiger partial charge is 0.481 e. The molecule has 0 heterocycles. The maximum absolute atomic E-state index is 11.1. The van der Waals surface area contributed by atoms with Crippen LogP contribution in [0, 0.1) is 17.8 Å². The lowest BCUT2D eigenvalue weighted by atomic mass is 10.1. The fourth-order valence-corrected chi connectivity index (χ4v) is 2.10. The van der Waals surface area contributed by atoms with Crippen LogP contribution in [-0.2, 0) is 9.59 Å². The molecule has 6 N–H and O–H groups in total. The molecule has 1 aliphatic carbocycles. The summed E-state index contributed by atoms with van der Waals surface area (Å²) in [7, 11) is 0. The Hall–Kier alpha value is -1.83. The van der Waals surface area contributed by atoms with Gasteiger partial charge in [0.1, 0.15) is 6.04 Å². The topological polar surface area (TPSA) is 142 Å². The summed E-state index contributed by atoms with van der Waals surface area (Å²) in [6.45, 7) is 2.31. The molecule has 2 amide bonds. The fourth-order valence-electron chi connectivity index (χ4n) is 2.10. The first-order valence-electron chi connectivity index (χ1n) is 5.63. The zero-order chi connectivity index (χ0) is 13.9. The van der Waals surface area contributed by atoms with Crippen molar-refractivity contribution < 1.29 is 24.6 Å². The van der Waals surface area contributed by atoms with E-state index in [2.05, 4.69) is 10.6 Å². The summed E-state index contributed by atoms with van der Waals surface area (Å²) in [4.78, 5) is 32.8. The van der Waals surface area contributed by atoms with Crippen molar-refractivity contribution in [3.05, 3.63) is 0 Å². The summed E-state index contributed by atoms with van der Waals surface area (Å²) >= 11 is 0. The van der Waals surface area contributed by atoms with Crippen molar-refractivity contribution in [1.29, 1.82) is 0 Å². The molecular weight excluding hydrogens is 242 g/mol. The van der Waals surface area contributed by atoms with E-state index in [1.54, 1.807) is 6.92 Å². The number of carboxylic acid groups (broad SMARTS) is 2. The Bertz CT molecular complexity index is 359. The maximum Gasteiger partial charge on any atom is 0.320 e. The Balaban J connectivity index is 2.52. The maximum atomic E-state index is 11.1. The van der Waals surface area contributed by atoms with Crippen molar-refractivity contribution in [3.8, 4) is 0 Å². The molecule has 1 rings (SSSR count). The minimum atomic E-state index is -1.23. The first-order chi connectivity index (χ1) is 8.40. The van der Waals surface area contributed by atoms with Crippen LogP contribution in [0.15, 0.2) is 0 Å². The number of carbonyl (C=O) groups is 3. The van der Waals surface area contributed by atoms with E-state index in [1.165, 1.54) is 0 Å². The highest BCUT2D eigenvalue weighted by molar-refractivity contribution is 5.80. The van der Waals surface area contributed by atoms with Crippen LogP contribution in [0.5, 0.6) is 0 Å². The van der Waals surface area contributed by atoms with Gasteiger partial charge in [-0.3, -0.25) is 9.59 Å². The molecule has 8 nitrogen and oxygen atoms in total. The number of hydrogen-bond donors (Lipinski definition) is 5. The molecule has 0 spiro atoms. The highest BCUT2D eigenvalue weighted by Crippen LogP contribution is 2.47. The normalized spacial score (nSPS) is 27.1. The first kappa shape index (κ1) is 14.2. The van der Waals surface area contributed by atoms with Crippen LogP contribution < -0.4 is 16.4 Å². The second kappa shape index (κ2) is 5.67. The number of nitrogens with one attached hydrogen (secondary N) is 2. The van der Waals surface area contributed by atoms with Gasteiger partial charge in [0.2, 0.25) is 0 Å². The van der Waals surface area contributed by atoms with E-state index in [0.717, 1.165) is 0 Å². The molecule has 0 radical (unpaired) electrons. The van der Waals surface area contributed by atoms with E-state index >= 15 is 0 Å². The molecule has 8 heteroatoms. The third-order valence-corrected chi connectivity index (χ3v) is 3.05. The van der Waals surface area contributed by atoms with Crippen molar-refractivity contribution in [3.63, 3.8) is 0 Å². The van der Waals surface area contributed by atoms with Crippen LogP contribution >= 0.6 is 0 Å². The number of carboxylic acids is 2. The Morgan fingerprint density at radius 1 is 1.28 bits per heavy atom. The lowest BCUT2D eigenvalue weighted by molar-refractivity contribution is -0.140. The number of nitrogens with two attached hydrogens (primary N) is 1. The van der Waals surface area contributed by atoms with Gasteiger partial charge in [0.05, 0.1) is 5.92 Å². The Labute approximate surface area is 104 Å². The van der Waals surface area contributed by atoms with Gasteiger partial charge >= 0.3 is 18.0 Å². The average molecular weight is 259 g/mol. The molecule has 0 aromatic carbocycles. The zero-order valence-corrected chi connectivity index (χ0v) is 9.92. The first-order valence-corrected chi connectivity index (χ1v) is 5.63. The number of urea groups is 1. The standard InChI is InChI=1S/C10H17N3O5/c1-2-12-10(18)13-3-4-5(6(4)8(14)15)7(11)9(16)17/h4-7H,2-3,11H2,1H3,(H,14,15)(H,16,17)(H2,12,13,18)/t4-,5+,6+,7+/m0/s1. The second-order valence-electron chi connectivity index (χ2n) is 4.21. The minimum Gasteiger partial charge on any atom is -0.481 e. The van der Waals surface area contributed by atoms with Crippen molar-refractivity contribution in [2.24, 2.45) is 23.5 Å². The molecular formula is C10H17N3O5. The second-order valence-corrected chi connectivity index (χ2v) is 4.21. The fraction of sp³-hybridized carbons (Fsp3) is 0.700. The molecule has 4 atom stereocenters. The summed E-state index contributed by atoms with van der Waals surface area (Å²) in [5.41, 5.74) is 5.41. The Morgan fingerprint density at radius 3 is 2.33 bits per heavy atom. The molecule has 1 aliphatic rings. The number of rotatable bonds is 6. The van der Waals surface area contributed by atoms with Gasteiger partial charge < -0.3 is 26.6 Å². The lowest BCUT2D eigenvalue weighted by Gasteiger charge is -2.06. The molecule has 1 fully saturated rings. The number of amides is 2. The van der Waals surface area contributed by atoms with Crippen LogP contribution in [-0.4, -0.2) is 47.3 Å². The van der Waals surface area contributed by atoms with Crippen LogP contribution in [0.1, 0.15) is 6.92 Å². The van der Waals surface area contributed by atoms with E-state index in [-0.39, 0.29) is 6.54 Å². The highest BCUT2D eigenvalue weighted by Gasteiger charge is 2.59. The predicted molar refractivity (Wildman–Crippen MR) is 60.8 cm³/mol. The molecule has 0 bridgehead atoms. The Kier molecular flexibility index (Phi) is 4.49. The SMILES string of the molecule is CCNC(=O)NC[C@@H]1[C@@H](C(=O)O)[C@@H]1[C@@H](N)C(=O)O. The van der Waals surface area contributed by atoms with Gasteiger partial charge in [-0.1, -0.05) is 0 Å². The van der Waals surface area contributed by atoms with Crippen molar-refractivity contribution in [2.45, 2.75) is 13.0 Å². The molecule has 0 aliphatic heterocycles. The van der Waals surface area contributed by atoms with Gasteiger partial charge in [-0.15, -0.1) is 0 Å². The van der Waals surface area contributed by atoms with Crippen LogP contribution in [0.2, 0.25) is 0 Å². The lowest BCUT2D eigenvalue weighted by Crippen LogP contribution is -2.38. The van der Waals surface area contributed by atoms with Crippen molar-refractivity contribution in [1.82, 2.24) is 10.6 Å². The summed E-state index contributed by atoms with van der Waals surface area (Å²) in [5.74, 6) is -4.19. The monoisotopic (exact) mass is 259 g/mol. The van der Waals surface area contributed by atoms with E-state index in [0.29, 0.717) is 6.54 Å². The summed E-state index contributed by atoms with van der Waals surface area (Å²) in [6, 6.07) is -1.62. The van der Waals surface area contributed by atoms with Gasteiger partial charge in [0.25, 0.3) is 0 Å². The quantitative estimate of drug-likeness (QED) is 0.400. The van der Waals surface area contributed by atoms with Gasteiger partial charge in [-0.05, 0) is 12.8 Å². The molecule has 1 saturated carbocycles. The van der Waals surface area contributed by atoms with Crippen molar-refractivity contribution in [2.75, 3.05) is 13.1 Å². The molecule has 0 aromatic rings. The predicted octanol–water partition coefficient (Wildman–Crippen LogP) is -1.34. The van der Waals surface area contributed by atoms with Crippen LogP contribution in [0.4, 0.5) is 4.79 Å². The van der Waals surface area contributed by atoms with E-state index in [4.69, 9.17) is 15.9 Å². The van der Waals surface area contributed by atoms with E-state index in [9.17, 15) is 14.4 Å². The van der Waals surface area contributed by atoms with E-state index in [1.807, 2.05) is 0 Å². The van der Waals surface area contributed by atoms with Gasteiger partial charge in [0, 0.05) is 19.0 Å². The highest BCUT2D eigenvalue weighted by atomic mass is 16.4. The number of aliphatic carboxylic acids is 2. The van der Waals surface area contributed by atoms with E-state index < -0.39 is 41.8 Å². The van der Waals surface area contributed by atoms with Crippen LogP contribution in [0.25, 0.3) is 0 Å². The molecule has 0 unspecified atom stereocenters. The number of hydrogen-bond acceptors (Lipinski definition) is 4. The molecule has 18 heavy (non-hydrogen) atoms. The summed E-state index contributed by atoms with van der Waals surface area (Å²) in [6.07, 6.45) is 0. The summed E-state index contributed by atoms with van der Waals surface area (Å²) in [5, 5.41) is 22.7. The number of carbonyl (C=O) groups excluding carboxylic acids is 1. The minimum absolute atomic E-state index is 0.106. The smallest absolute Gasteiger partial charge is 0.320 e. The third kappa shape index (κ3) is 3.10. The van der Waals surface area contributed by atoms with Crippen molar-refractivity contribution >= 4 is 18.0 Å². The van der Waals surface area contributed by atoms with Gasteiger partial charge in [0.15, 0.2) is 0 Å². The Morgan fingerprint density at radius 2 is 1.89 bits per heavy atom. The third-order valence-electron chi connectivity index (χ3n) is 3.05. The zero-order valence-electron chi connectivity index (χ0n) is 9.92. The summed E-state index contributed by atoms with van der Waals surface area (Å²) < 4.78 is 0. The molecule has 0 saturated heterocycles.